The van der Waals surface area contributed by atoms with Crippen LogP contribution in [0.3, 0.4) is 0 Å². The van der Waals surface area contributed by atoms with E-state index in [9.17, 15) is 8.42 Å². The van der Waals surface area contributed by atoms with E-state index in [1.807, 2.05) is 0 Å². The van der Waals surface area contributed by atoms with E-state index in [-0.39, 0.29) is 24.9 Å². The van der Waals surface area contributed by atoms with E-state index in [4.69, 9.17) is 10.8 Å². The van der Waals surface area contributed by atoms with Gasteiger partial charge in [-0.15, -0.1) is 0 Å². The summed E-state index contributed by atoms with van der Waals surface area (Å²) in [4.78, 5) is 0. The summed E-state index contributed by atoms with van der Waals surface area (Å²) >= 11 is 0. The van der Waals surface area contributed by atoms with Crippen molar-refractivity contribution in [3.63, 3.8) is 0 Å². The zero-order chi connectivity index (χ0) is 14.6. The van der Waals surface area contributed by atoms with Gasteiger partial charge in [0.15, 0.2) is 0 Å². The van der Waals surface area contributed by atoms with E-state index in [0.717, 1.165) is 31.2 Å². The molecule has 1 aromatic rings. The maximum Gasteiger partial charge on any atom is 0.218 e. The molecule has 1 aliphatic rings. The molecule has 0 radical (unpaired) electrons. The number of benzene rings is 1. The van der Waals surface area contributed by atoms with Crippen molar-refractivity contribution in [3.8, 4) is 0 Å². The van der Waals surface area contributed by atoms with Crippen molar-refractivity contribution in [2.45, 2.75) is 37.5 Å². The van der Waals surface area contributed by atoms with Gasteiger partial charge in [-0.3, -0.25) is 0 Å². The molecule has 0 spiro atoms. The van der Waals surface area contributed by atoms with Crippen molar-refractivity contribution < 1.29 is 13.5 Å². The van der Waals surface area contributed by atoms with Gasteiger partial charge in [0.05, 0.1) is 12.4 Å². The monoisotopic (exact) mass is 298 g/mol. The summed E-state index contributed by atoms with van der Waals surface area (Å²) in [6, 6.07) is 6.92. The molecule has 5 nitrogen and oxygen atoms in total. The third-order valence-electron chi connectivity index (χ3n) is 3.74. The minimum atomic E-state index is -3.40. The van der Waals surface area contributed by atoms with Gasteiger partial charge in [-0.05, 0) is 30.5 Å². The first-order valence-corrected chi connectivity index (χ1v) is 8.58. The van der Waals surface area contributed by atoms with Gasteiger partial charge in [-0.1, -0.05) is 25.0 Å². The van der Waals surface area contributed by atoms with Crippen molar-refractivity contribution in [2.75, 3.05) is 18.9 Å². The predicted molar refractivity (Wildman–Crippen MR) is 79.5 cm³/mol. The lowest BCUT2D eigenvalue weighted by Crippen LogP contribution is -2.41. The van der Waals surface area contributed by atoms with Crippen LogP contribution >= 0.6 is 0 Å². The molecular weight excluding hydrogens is 276 g/mol. The Balaban J connectivity index is 2.14. The molecule has 0 unspecified atom stereocenters. The van der Waals surface area contributed by atoms with Gasteiger partial charge in [0.1, 0.15) is 0 Å². The number of rotatable bonds is 6. The Morgan fingerprint density at radius 2 is 1.80 bits per heavy atom. The van der Waals surface area contributed by atoms with E-state index >= 15 is 0 Å². The molecule has 0 aliphatic heterocycles. The Bertz CT molecular complexity index is 522. The second kappa shape index (κ2) is 6.56. The highest BCUT2D eigenvalue weighted by Crippen LogP contribution is 2.26. The minimum Gasteiger partial charge on any atom is -0.399 e. The number of aliphatic hydroxyl groups excluding tert-OH is 1. The van der Waals surface area contributed by atoms with Gasteiger partial charge >= 0.3 is 0 Å². The summed E-state index contributed by atoms with van der Waals surface area (Å²) in [5, 5.41) is 9.14. The van der Waals surface area contributed by atoms with Crippen LogP contribution in [0.25, 0.3) is 0 Å². The van der Waals surface area contributed by atoms with Crippen molar-refractivity contribution in [2.24, 2.45) is 0 Å². The van der Waals surface area contributed by atoms with Crippen molar-refractivity contribution in [1.29, 1.82) is 0 Å². The van der Waals surface area contributed by atoms with Crippen LogP contribution in [0.4, 0.5) is 5.69 Å². The third kappa shape index (κ3) is 3.71. The first-order valence-electron chi connectivity index (χ1n) is 6.98. The molecule has 0 bridgehead atoms. The Hall–Kier alpha value is -1.11. The number of nitrogens with two attached hydrogens (primary N) is 1. The molecule has 20 heavy (non-hydrogen) atoms. The molecule has 1 aromatic carbocycles. The van der Waals surface area contributed by atoms with Gasteiger partial charge in [0, 0.05) is 18.3 Å². The second-order valence-electron chi connectivity index (χ2n) is 5.27. The molecule has 1 saturated carbocycles. The second-order valence-corrected chi connectivity index (χ2v) is 7.19. The number of nitrogen functional groups attached to an aromatic ring is 1. The minimum absolute atomic E-state index is 0.0379. The molecule has 0 heterocycles. The molecular formula is C14H22N2O3S. The Morgan fingerprint density at radius 3 is 2.35 bits per heavy atom. The summed E-state index contributed by atoms with van der Waals surface area (Å²) in [5.41, 5.74) is 6.95. The largest absolute Gasteiger partial charge is 0.399 e. The highest BCUT2D eigenvalue weighted by molar-refractivity contribution is 7.88. The number of aliphatic hydroxyl groups is 1. The molecule has 0 atom stereocenters. The van der Waals surface area contributed by atoms with Crippen molar-refractivity contribution in [3.05, 3.63) is 29.8 Å². The van der Waals surface area contributed by atoms with E-state index in [2.05, 4.69) is 0 Å². The molecule has 0 amide bonds. The molecule has 0 aromatic heterocycles. The van der Waals surface area contributed by atoms with Crippen molar-refractivity contribution >= 4 is 15.7 Å². The first kappa shape index (κ1) is 15.3. The van der Waals surface area contributed by atoms with Crippen LogP contribution in [0, 0.1) is 0 Å². The molecule has 1 fully saturated rings. The number of anilines is 1. The standard InChI is InChI=1S/C14H22N2O3S/c15-13-7-5-12(6-8-13)11-20(18,19)16(9-10-17)14-3-1-2-4-14/h5-8,14,17H,1-4,9-11,15H2. The Morgan fingerprint density at radius 1 is 1.20 bits per heavy atom. The summed E-state index contributed by atoms with van der Waals surface area (Å²) in [6.45, 7) is 0.0411. The summed E-state index contributed by atoms with van der Waals surface area (Å²) in [7, 11) is -3.40. The highest BCUT2D eigenvalue weighted by Gasteiger charge is 2.31. The van der Waals surface area contributed by atoms with Crippen LogP contribution < -0.4 is 5.73 Å². The normalized spacial score (nSPS) is 16.9. The maximum absolute atomic E-state index is 12.5. The molecule has 2 rings (SSSR count). The highest BCUT2D eigenvalue weighted by atomic mass is 32.2. The van der Waals surface area contributed by atoms with Crippen LogP contribution in [0.2, 0.25) is 0 Å². The summed E-state index contributed by atoms with van der Waals surface area (Å²) in [6.07, 6.45) is 3.90. The molecule has 6 heteroatoms. The topological polar surface area (TPSA) is 83.6 Å². The smallest absolute Gasteiger partial charge is 0.218 e. The van der Waals surface area contributed by atoms with Crippen LogP contribution in [0.15, 0.2) is 24.3 Å². The van der Waals surface area contributed by atoms with Gasteiger partial charge in [0.2, 0.25) is 10.0 Å². The average Bonchev–Trinajstić information content (AvgIpc) is 2.92. The van der Waals surface area contributed by atoms with E-state index < -0.39 is 10.0 Å². The van der Waals surface area contributed by atoms with Gasteiger partial charge in [0.25, 0.3) is 0 Å². The van der Waals surface area contributed by atoms with E-state index in [1.54, 1.807) is 24.3 Å². The fourth-order valence-electron chi connectivity index (χ4n) is 2.75. The quantitative estimate of drug-likeness (QED) is 0.776. The number of hydrogen-bond acceptors (Lipinski definition) is 4. The molecule has 3 N–H and O–H groups in total. The zero-order valence-corrected chi connectivity index (χ0v) is 12.3. The average molecular weight is 298 g/mol. The summed E-state index contributed by atoms with van der Waals surface area (Å²) < 4.78 is 26.6. The van der Waals surface area contributed by atoms with Crippen LogP contribution in [0.5, 0.6) is 0 Å². The Labute approximate surface area is 120 Å². The number of nitrogens with zero attached hydrogens (tertiary/aromatic N) is 1. The fourth-order valence-corrected chi connectivity index (χ4v) is 4.55. The van der Waals surface area contributed by atoms with E-state index in [0.29, 0.717) is 5.69 Å². The first-order chi connectivity index (χ1) is 9.53. The predicted octanol–water partition coefficient (Wildman–Crippen LogP) is 1.34. The number of sulfonamides is 1. The SMILES string of the molecule is Nc1ccc(CS(=O)(=O)N(CCO)C2CCCC2)cc1. The fraction of sp³-hybridized carbons (Fsp3) is 0.571. The molecule has 0 saturated heterocycles. The van der Waals surface area contributed by atoms with E-state index in [1.165, 1.54) is 4.31 Å². The Kier molecular flexibility index (Phi) is 5.01. The maximum atomic E-state index is 12.5. The van der Waals surface area contributed by atoms with Crippen LogP contribution in [-0.4, -0.2) is 37.0 Å². The van der Waals surface area contributed by atoms with Crippen molar-refractivity contribution in [1.82, 2.24) is 4.31 Å². The van der Waals surface area contributed by atoms with Gasteiger partial charge in [-0.2, -0.15) is 4.31 Å². The zero-order valence-electron chi connectivity index (χ0n) is 11.5. The lowest BCUT2D eigenvalue weighted by molar-refractivity contribution is 0.226. The summed E-state index contributed by atoms with van der Waals surface area (Å²) in [5.74, 6) is -0.0379. The van der Waals surface area contributed by atoms with Gasteiger partial charge < -0.3 is 10.8 Å². The molecule has 1 aliphatic carbocycles. The third-order valence-corrected chi connectivity index (χ3v) is 5.63. The number of hydrogen-bond donors (Lipinski definition) is 2. The molecule has 112 valence electrons. The van der Waals surface area contributed by atoms with Gasteiger partial charge in [-0.25, -0.2) is 8.42 Å². The van der Waals surface area contributed by atoms with Crippen LogP contribution in [0.1, 0.15) is 31.2 Å². The van der Waals surface area contributed by atoms with Crippen LogP contribution in [-0.2, 0) is 15.8 Å². The lowest BCUT2D eigenvalue weighted by atomic mass is 10.2. The lowest BCUT2D eigenvalue weighted by Gasteiger charge is -2.27.